The molecule has 0 saturated carbocycles. The lowest BCUT2D eigenvalue weighted by Gasteiger charge is -2.22. The first kappa shape index (κ1) is 25.3. The summed E-state index contributed by atoms with van der Waals surface area (Å²) in [7, 11) is 3.43. The van der Waals surface area contributed by atoms with Gasteiger partial charge in [0.2, 0.25) is 0 Å². The number of methoxy groups -OCH3 is 1. The van der Waals surface area contributed by atoms with Crippen LogP contribution in [0, 0.1) is 0 Å². The number of alkyl halides is 3. The maximum absolute atomic E-state index is 12.6. The largest absolute Gasteiger partial charge is 0.497 e. The molecule has 1 N–H and O–H groups in total. The van der Waals surface area contributed by atoms with Crippen molar-refractivity contribution in [2.24, 2.45) is 4.99 Å². The van der Waals surface area contributed by atoms with Gasteiger partial charge in [0, 0.05) is 19.0 Å². The smallest absolute Gasteiger partial charge is 0.434 e. The molecule has 162 valence electrons. The van der Waals surface area contributed by atoms with Gasteiger partial charge in [-0.3, -0.25) is 0 Å². The van der Waals surface area contributed by atoms with E-state index in [-0.39, 0.29) is 30.5 Å². The van der Waals surface area contributed by atoms with Gasteiger partial charge in [0.05, 0.1) is 20.2 Å². The van der Waals surface area contributed by atoms with Crippen molar-refractivity contribution in [2.75, 3.05) is 33.9 Å². The van der Waals surface area contributed by atoms with E-state index in [1.165, 1.54) is 0 Å². The van der Waals surface area contributed by atoms with Gasteiger partial charge in [-0.15, -0.1) is 35.3 Å². The minimum absolute atomic E-state index is 0. The molecule has 0 radical (unpaired) electrons. The van der Waals surface area contributed by atoms with Crippen molar-refractivity contribution in [3.63, 3.8) is 0 Å². The summed E-state index contributed by atoms with van der Waals surface area (Å²) in [6, 6.07) is 7.26. The standard InChI is InChI=1S/C18H23F3N4O2S.HI/c1-4-22-17(23-11-16-24-15(12-28-16)18(19,20)21)25(2)9-10-27-14-7-5-13(26-3)6-8-14;/h5-8,12H,4,9-11H2,1-3H3,(H,22,23);1H. The Labute approximate surface area is 189 Å². The van der Waals surface area contributed by atoms with E-state index in [1.54, 1.807) is 7.11 Å². The molecule has 6 nitrogen and oxygen atoms in total. The monoisotopic (exact) mass is 544 g/mol. The second-order valence-electron chi connectivity index (χ2n) is 5.74. The lowest BCUT2D eigenvalue weighted by atomic mass is 10.3. The van der Waals surface area contributed by atoms with E-state index in [9.17, 15) is 13.2 Å². The SMILES string of the molecule is CCNC(=NCc1nc(C(F)(F)F)cs1)N(C)CCOc1ccc(OC)cc1.I. The van der Waals surface area contributed by atoms with Crippen LogP contribution < -0.4 is 14.8 Å². The molecule has 2 rings (SSSR count). The van der Waals surface area contributed by atoms with Crippen molar-refractivity contribution >= 4 is 41.3 Å². The number of halogens is 4. The second-order valence-corrected chi connectivity index (χ2v) is 6.68. The molecule has 11 heteroatoms. The maximum Gasteiger partial charge on any atom is 0.434 e. The summed E-state index contributed by atoms with van der Waals surface area (Å²) in [5.41, 5.74) is -0.881. The Morgan fingerprint density at radius 3 is 2.45 bits per heavy atom. The van der Waals surface area contributed by atoms with E-state index in [2.05, 4.69) is 15.3 Å². The summed E-state index contributed by atoms with van der Waals surface area (Å²) < 4.78 is 48.7. The van der Waals surface area contributed by atoms with Crippen molar-refractivity contribution in [2.45, 2.75) is 19.6 Å². The van der Waals surface area contributed by atoms with E-state index in [4.69, 9.17) is 9.47 Å². The van der Waals surface area contributed by atoms with Gasteiger partial charge in [-0.1, -0.05) is 0 Å². The van der Waals surface area contributed by atoms with E-state index in [1.807, 2.05) is 43.1 Å². The van der Waals surface area contributed by atoms with Crippen LogP contribution in [0.25, 0.3) is 0 Å². The van der Waals surface area contributed by atoms with Gasteiger partial charge in [-0.25, -0.2) is 9.98 Å². The van der Waals surface area contributed by atoms with Gasteiger partial charge in [0.1, 0.15) is 23.1 Å². The molecule has 1 aromatic heterocycles. The van der Waals surface area contributed by atoms with Gasteiger partial charge in [-0.2, -0.15) is 13.2 Å². The Kier molecular flexibility index (Phi) is 10.5. The molecule has 29 heavy (non-hydrogen) atoms. The molecule has 0 unspecified atom stereocenters. The van der Waals surface area contributed by atoms with Crippen molar-refractivity contribution < 1.29 is 22.6 Å². The number of nitrogens with zero attached hydrogens (tertiary/aromatic N) is 3. The van der Waals surface area contributed by atoms with E-state index < -0.39 is 11.9 Å². The lowest BCUT2D eigenvalue weighted by molar-refractivity contribution is -0.140. The topological polar surface area (TPSA) is 59.0 Å². The molecular formula is C18H24F3IN4O2S. The van der Waals surface area contributed by atoms with Gasteiger partial charge in [0.25, 0.3) is 0 Å². The highest BCUT2D eigenvalue weighted by Crippen LogP contribution is 2.30. The average Bonchev–Trinajstić information content (AvgIpc) is 3.15. The second kappa shape index (κ2) is 12.1. The highest BCUT2D eigenvalue weighted by Gasteiger charge is 2.33. The summed E-state index contributed by atoms with van der Waals surface area (Å²) in [6.45, 7) is 3.59. The fourth-order valence-corrected chi connectivity index (χ4v) is 2.93. The minimum Gasteiger partial charge on any atom is -0.497 e. The highest BCUT2D eigenvalue weighted by molar-refractivity contribution is 14.0. The molecule has 0 spiro atoms. The van der Waals surface area contributed by atoms with Gasteiger partial charge in [0.15, 0.2) is 11.7 Å². The fourth-order valence-electron chi connectivity index (χ4n) is 2.20. The number of hydrogen-bond donors (Lipinski definition) is 1. The predicted octanol–water partition coefficient (Wildman–Crippen LogP) is 4.26. The van der Waals surface area contributed by atoms with Crippen LogP contribution in [0.15, 0.2) is 34.6 Å². The van der Waals surface area contributed by atoms with Gasteiger partial charge >= 0.3 is 6.18 Å². The molecular weight excluding hydrogens is 520 g/mol. The van der Waals surface area contributed by atoms with Crippen LogP contribution in [0.1, 0.15) is 17.6 Å². The normalized spacial score (nSPS) is 11.6. The van der Waals surface area contributed by atoms with Gasteiger partial charge < -0.3 is 19.7 Å². The third-order valence-electron chi connectivity index (χ3n) is 3.66. The molecule has 0 bridgehead atoms. The van der Waals surface area contributed by atoms with Crippen LogP contribution in [-0.4, -0.2) is 49.7 Å². The zero-order chi connectivity index (χ0) is 20.6. The van der Waals surface area contributed by atoms with Crippen molar-refractivity contribution in [3.05, 3.63) is 40.3 Å². The fraction of sp³-hybridized carbons (Fsp3) is 0.444. The number of nitrogens with one attached hydrogen (secondary N) is 1. The summed E-state index contributed by atoms with van der Waals surface area (Å²) in [5.74, 6) is 2.05. The third-order valence-corrected chi connectivity index (χ3v) is 4.49. The first-order chi connectivity index (χ1) is 13.3. The highest BCUT2D eigenvalue weighted by atomic mass is 127. The van der Waals surface area contributed by atoms with Crippen LogP contribution >= 0.6 is 35.3 Å². The van der Waals surface area contributed by atoms with Crippen LogP contribution in [0.4, 0.5) is 13.2 Å². The molecule has 2 aromatic rings. The molecule has 0 aliphatic rings. The number of likely N-dealkylation sites (N-methyl/N-ethyl adjacent to an activating group) is 1. The average molecular weight is 544 g/mol. The number of thiazole rings is 1. The number of benzene rings is 1. The molecule has 1 aromatic carbocycles. The van der Waals surface area contributed by atoms with Crippen molar-refractivity contribution in [3.8, 4) is 11.5 Å². The number of hydrogen-bond acceptors (Lipinski definition) is 5. The van der Waals surface area contributed by atoms with E-state index in [0.717, 1.165) is 28.2 Å². The Bertz CT molecular complexity index is 769. The number of aliphatic imine (C=N–C) groups is 1. The third kappa shape index (κ3) is 8.25. The van der Waals surface area contributed by atoms with Gasteiger partial charge in [-0.05, 0) is 31.2 Å². The minimum atomic E-state index is -4.43. The predicted molar refractivity (Wildman–Crippen MR) is 118 cm³/mol. The molecule has 1 heterocycles. The molecule has 0 atom stereocenters. The lowest BCUT2D eigenvalue weighted by Crippen LogP contribution is -2.40. The molecule has 0 amide bonds. The summed E-state index contributed by atoms with van der Waals surface area (Å²) in [4.78, 5) is 9.81. The van der Waals surface area contributed by atoms with Crippen LogP contribution in [0.2, 0.25) is 0 Å². The summed E-state index contributed by atoms with van der Waals surface area (Å²) >= 11 is 0.947. The first-order valence-corrected chi connectivity index (χ1v) is 9.49. The zero-order valence-electron chi connectivity index (χ0n) is 16.3. The Hall–Kier alpha value is -1.76. The number of rotatable bonds is 8. The number of guanidine groups is 1. The van der Waals surface area contributed by atoms with Crippen LogP contribution in [-0.2, 0) is 12.7 Å². The first-order valence-electron chi connectivity index (χ1n) is 8.61. The summed E-state index contributed by atoms with van der Waals surface area (Å²) in [6.07, 6.45) is -4.43. The van der Waals surface area contributed by atoms with Crippen molar-refractivity contribution in [1.82, 2.24) is 15.2 Å². The van der Waals surface area contributed by atoms with E-state index >= 15 is 0 Å². The molecule has 0 saturated heterocycles. The zero-order valence-corrected chi connectivity index (χ0v) is 19.5. The molecule has 0 aliphatic carbocycles. The number of ether oxygens (including phenoxy) is 2. The van der Waals surface area contributed by atoms with Crippen LogP contribution in [0.3, 0.4) is 0 Å². The maximum atomic E-state index is 12.6. The quantitative estimate of drug-likeness (QED) is 0.306. The molecule has 0 fully saturated rings. The Balaban J connectivity index is 0.00000420. The number of aromatic nitrogens is 1. The van der Waals surface area contributed by atoms with E-state index in [0.29, 0.717) is 30.7 Å². The summed E-state index contributed by atoms with van der Waals surface area (Å²) in [5, 5.41) is 4.43. The van der Waals surface area contributed by atoms with Crippen molar-refractivity contribution in [1.29, 1.82) is 0 Å². The Morgan fingerprint density at radius 1 is 1.24 bits per heavy atom. The Morgan fingerprint density at radius 2 is 1.90 bits per heavy atom. The molecule has 0 aliphatic heterocycles. The van der Waals surface area contributed by atoms with Crippen LogP contribution in [0.5, 0.6) is 11.5 Å².